The van der Waals surface area contributed by atoms with Gasteiger partial charge in [0.05, 0.1) is 6.33 Å². The van der Waals surface area contributed by atoms with E-state index in [1.54, 1.807) is 0 Å². The van der Waals surface area contributed by atoms with Gasteiger partial charge in [0.2, 0.25) is 0 Å². The lowest BCUT2D eigenvalue weighted by Gasteiger charge is -2.32. The van der Waals surface area contributed by atoms with Crippen LogP contribution in [0.15, 0.2) is 12.5 Å². The summed E-state index contributed by atoms with van der Waals surface area (Å²) in [5, 5.41) is 3.50. The number of rotatable bonds is 2. The van der Waals surface area contributed by atoms with Gasteiger partial charge in [-0.1, -0.05) is 13.8 Å². The third-order valence-electron chi connectivity index (χ3n) is 5.03. The Kier molecular flexibility index (Phi) is 3.18. The molecule has 1 aliphatic heterocycles. The van der Waals surface area contributed by atoms with Crippen molar-refractivity contribution in [2.45, 2.75) is 57.4 Å². The van der Waals surface area contributed by atoms with Crippen LogP contribution in [0.3, 0.4) is 0 Å². The van der Waals surface area contributed by atoms with Crippen molar-refractivity contribution in [2.24, 2.45) is 5.92 Å². The lowest BCUT2D eigenvalue weighted by molar-refractivity contribution is 0.277. The van der Waals surface area contributed by atoms with Crippen molar-refractivity contribution in [3.8, 4) is 0 Å². The molecule has 1 saturated heterocycles. The number of hydrogen-bond acceptors (Lipinski definition) is 2. The molecule has 1 N–H and O–H groups in total. The zero-order valence-corrected chi connectivity index (χ0v) is 11.7. The molecule has 1 aromatic rings. The Morgan fingerprint density at radius 1 is 1.33 bits per heavy atom. The van der Waals surface area contributed by atoms with Gasteiger partial charge in [0.25, 0.3) is 0 Å². The lowest BCUT2D eigenvalue weighted by atomic mass is 9.84. The van der Waals surface area contributed by atoms with Crippen molar-refractivity contribution in [1.82, 2.24) is 14.9 Å². The van der Waals surface area contributed by atoms with Crippen molar-refractivity contribution in [2.75, 3.05) is 13.1 Å². The van der Waals surface area contributed by atoms with Crippen molar-refractivity contribution < 1.29 is 0 Å². The van der Waals surface area contributed by atoms with E-state index in [2.05, 4.69) is 41.2 Å². The average Bonchev–Trinajstić information content (AvgIpc) is 2.99. The molecule has 1 aromatic heterocycles. The van der Waals surface area contributed by atoms with Gasteiger partial charge in [-0.2, -0.15) is 0 Å². The summed E-state index contributed by atoms with van der Waals surface area (Å²) in [7, 11) is 0. The van der Waals surface area contributed by atoms with Gasteiger partial charge >= 0.3 is 0 Å². The molecule has 3 rings (SSSR count). The smallest absolute Gasteiger partial charge is 0.0950 e. The maximum Gasteiger partial charge on any atom is 0.0950 e. The summed E-state index contributed by atoms with van der Waals surface area (Å²) < 4.78 is 2.48. The largest absolute Gasteiger partial charge is 0.331 e. The zero-order chi connectivity index (χ0) is 12.6. The Labute approximate surface area is 110 Å². The lowest BCUT2D eigenvalue weighted by Crippen LogP contribution is -2.30. The molecule has 0 spiro atoms. The SMILES string of the molecule is CC1CCC(n2cncc2C2(C)CCNC2)CC1. The van der Waals surface area contributed by atoms with Crippen LogP contribution in [0.2, 0.25) is 0 Å². The highest BCUT2D eigenvalue weighted by Gasteiger charge is 2.35. The van der Waals surface area contributed by atoms with Crippen molar-refractivity contribution in [3.05, 3.63) is 18.2 Å². The quantitative estimate of drug-likeness (QED) is 0.871. The Bertz CT molecular complexity index is 396. The Balaban J connectivity index is 1.83. The Morgan fingerprint density at radius 3 is 2.78 bits per heavy atom. The molecule has 0 amide bonds. The van der Waals surface area contributed by atoms with E-state index in [0.717, 1.165) is 19.0 Å². The number of nitrogens with one attached hydrogen (secondary N) is 1. The third-order valence-corrected chi connectivity index (χ3v) is 5.03. The highest BCUT2D eigenvalue weighted by Crippen LogP contribution is 2.37. The molecule has 2 heterocycles. The van der Waals surface area contributed by atoms with Gasteiger partial charge in [-0.25, -0.2) is 4.98 Å². The Morgan fingerprint density at radius 2 is 2.11 bits per heavy atom. The highest BCUT2D eigenvalue weighted by molar-refractivity contribution is 5.18. The van der Waals surface area contributed by atoms with Crippen LogP contribution in [-0.4, -0.2) is 22.6 Å². The second-order valence-electron chi connectivity index (χ2n) is 6.59. The van der Waals surface area contributed by atoms with Gasteiger partial charge in [0, 0.05) is 29.9 Å². The molecule has 1 unspecified atom stereocenters. The fourth-order valence-corrected chi connectivity index (χ4v) is 3.62. The first kappa shape index (κ1) is 12.2. The van der Waals surface area contributed by atoms with Crippen LogP contribution >= 0.6 is 0 Å². The van der Waals surface area contributed by atoms with Crippen LogP contribution in [0.5, 0.6) is 0 Å². The third kappa shape index (κ3) is 2.09. The highest BCUT2D eigenvalue weighted by atomic mass is 15.1. The van der Waals surface area contributed by atoms with Gasteiger partial charge in [0.1, 0.15) is 0 Å². The monoisotopic (exact) mass is 247 g/mol. The summed E-state index contributed by atoms with van der Waals surface area (Å²) >= 11 is 0. The molecular formula is C15H25N3. The van der Waals surface area contributed by atoms with Crippen molar-refractivity contribution >= 4 is 0 Å². The number of nitrogens with zero attached hydrogens (tertiary/aromatic N) is 2. The average molecular weight is 247 g/mol. The van der Waals surface area contributed by atoms with Crippen LogP contribution in [-0.2, 0) is 5.41 Å². The summed E-state index contributed by atoms with van der Waals surface area (Å²) in [5.41, 5.74) is 1.74. The Hall–Kier alpha value is -0.830. The second kappa shape index (κ2) is 4.69. The minimum Gasteiger partial charge on any atom is -0.331 e. The first-order valence-electron chi connectivity index (χ1n) is 7.42. The summed E-state index contributed by atoms with van der Waals surface area (Å²) in [5.74, 6) is 0.914. The molecule has 1 atom stereocenters. The van der Waals surface area contributed by atoms with Crippen LogP contribution in [0.4, 0.5) is 0 Å². The molecule has 2 aliphatic rings. The van der Waals surface area contributed by atoms with E-state index in [-0.39, 0.29) is 0 Å². The fourth-order valence-electron chi connectivity index (χ4n) is 3.62. The molecule has 18 heavy (non-hydrogen) atoms. The summed E-state index contributed by atoms with van der Waals surface area (Å²) in [4.78, 5) is 4.44. The van der Waals surface area contributed by atoms with E-state index in [1.807, 2.05) is 0 Å². The van der Waals surface area contributed by atoms with E-state index in [4.69, 9.17) is 0 Å². The van der Waals surface area contributed by atoms with E-state index >= 15 is 0 Å². The molecule has 1 aliphatic carbocycles. The molecule has 100 valence electrons. The van der Waals surface area contributed by atoms with Crippen LogP contribution in [0.1, 0.15) is 57.7 Å². The maximum absolute atomic E-state index is 4.44. The standard InChI is InChI=1S/C15H25N3/c1-12-3-5-13(6-4-12)18-11-17-9-14(18)15(2)7-8-16-10-15/h9,11-13,16H,3-8,10H2,1-2H3. The van der Waals surface area contributed by atoms with Crippen molar-refractivity contribution in [1.29, 1.82) is 0 Å². The fraction of sp³-hybridized carbons (Fsp3) is 0.800. The number of imidazole rings is 1. The summed E-state index contributed by atoms with van der Waals surface area (Å²) in [6, 6.07) is 0.691. The number of aromatic nitrogens is 2. The minimum absolute atomic E-state index is 0.291. The molecule has 3 heteroatoms. The van der Waals surface area contributed by atoms with Crippen molar-refractivity contribution in [3.63, 3.8) is 0 Å². The summed E-state index contributed by atoms with van der Waals surface area (Å²) in [6.45, 7) is 7.00. The van der Waals surface area contributed by atoms with Crippen LogP contribution in [0.25, 0.3) is 0 Å². The molecule has 0 radical (unpaired) electrons. The van der Waals surface area contributed by atoms with Gasteiger partial charge in [-0.05, 0) is 44.6 Å². The molecule has 0 aromatic carbocycles. The topological polar surface area (TPSA) is 29.9 Å². The maximum atomic E-state index is 4.44. The molecule has 2 fully saturated rings. The van der Waals surface area contributed by atoms with Crippen LogP contribution < -0.4 is 5.32 Å². The molecule has 1 saturated carbocycles. The number of hydrogen-bond donors (Lipinski definition) is 1. The van der Waals surface area contributed by atoms with Gasteiger partial charge < -0.3 is 9.88 Å². The van der Waals surface area contributed by atoms with Gasteiger partial charge in [0.15, 0.2) is 0 Å². The van der Waals surface area contributed by atoms with E-state index in [0.29, 0.717) is 11.5 Å². The minimum atomic E-state index is 0.291. The zero-order valence-electron chi connectivity index (χ0n) is 11.7. The summed E-state index contributed by atoms with van der Waals surface area (Å²) in [6.07, 6.45) is 10.8. The molecule has 3 nitrogen and oxygen atoms in total. The first-order chi connectivity index (χ1) is 8.69. The normalized spacial score (nSPS) is 37.0. The molecule has 0 bridgehead atoms. The van der Waals surface area contributed by atoms with Crippen LogP contribution in [0, 0.1) is 5.92 Å². The molecular weight excluding hydrogens is 222 g/mol. The predicted octanol–water partition coefficient (Wildman–Crippen LogP) is 2.89. The van der Waals surface area contributed by atoms with E-state index in [9.17, 15) is 0 Å². The predicted molar refractivity (Wildman–Crippen MR) is 73.7 cm³/mol. The first-order valence-corrected chi connectivity index (χ1v) is 7.42. The van der Waals surface area contributed by atoms with E-state index in [1.165, 1.54) is 37.8 Å². The van der Waals surface area contributed by atoms with Gasteiger partial charge in [-0.3, -0.25) is 0 Å². The van der Waals surface area contributed by atoms with Gasteiger partial charge in [-0.15, -0.1) is 0 Å². The second-order valence-corrected chi connectivity index (χ2v) is 6.59. The van der Waals surface area contributed by atoms with E-state index < -0.39 is 0 Å².